The quantitative estimate of drug-likeness (QED) is 0.667. The van der Waals surface area contributed by atoms with Gasteiger partial charge in [0.15, 0.2) is 0 Å². The third kappa shape index (κ3) is 4.09. The highest BCUT2D eigenvalue weighted by molar-refractivity contribution is 5.89. The molecule has 0 bridgehead atoms. The number of hydrogen-bond donors (Lipinski definition) is 2. The molecular weight excluding hydrogens is 350 g/mol. The average Bonchev–Trinajstić information content (AvgIpc) is 3.31. The number of benzene rings is 2. The lowest BCUT2D eigenvalue weighted by molar-refractivity contribution is -0.129. The second kappa shape index (κ2) is 8.30. The Hall–Kier alpha value is -3.08. The van der Waals surface area contributed by atoms with E-state index in [1.54, 1.807) is 0 Å². The molecule has 1 aliphatic rings. The van der Waals surface area contributed by atoms with E-state index in [4.69, 9.17) is 0 Å². The molecule has 5 nitrogen and oxygen atoms in total. The first-order valence-electron chi connectivity index (χ1n) is 9.85. The monoisotopic (exact) mass is 375 g/mol. The third-order valence-corrected chi connectivity index (χ3v) is 5.47. The summed E-state index contributed by atoms with van der Waals surface area (Å²) in [4.78, 5) is 29.8. The van der Waals surface area contributed by atoms with Crippen molar-refractivity contribution in [3.63, 3.8) is 0 Å². The first-order chi connectivity index (χ1) is 13.7. The van der Waals surface area contributed by atoms with Gasteiger partial charge in [-0.05, 0) is 30.0 Å². The highest BCUT2D eigenvalue weighted by Gasteiger charge is 2.33. The third-order valence-electron chi connectivity index (χ3n) is 5.47. The van der Waals surface area contributed by atoms with Crippen LogP contribution in [0.2, 0.25) is 0 Å². The Bertz CT molecular complexity index is 964. The topological polar surface area (TPSA) is 65.2 Å². The minimum Gasteiger partial charge on any atom is -0.361 e. The molecule has 2 N–H and O–H groups in total. The summed E-state index contributed by atoms with van der Waals surface area (Å²) in [6, 6.07) is 18.3. The normalized spacial score (nSPS) is 16.6. The summed E-state index contributed by atoms with van der Waals surface area (Å²) in [7, 11) is 0. The van der Waals surface area contributed by atoms with Crippen molar-refractivity contribution in [2.75, 3.05) is 19.6 Å². The summed E-state index contributed by atoms with van der Waals surface area (Å²) in [5, 5.41) is 4.21. The molecule has 28 heavy (non-hydrogen) atoms. The minimum absolute atomic E-state index is 0.0181. The van der Waals surface area contributed by atoms with Crippen LogP contribution in [0.1, 0.15) is 17.5 Å². The molecule has 1 atom stereocenters. The molecule has 144 valence electrons. The number of nitrogens with one attached hydrogen (secondary N) is 2. The van der Waals surface area contributed by atoms with Crippen molar-refractivity contribution in [3.05, 3.63) is 71.9 Å². The van der Waals surface area contributed by atoms with E-state index in [2.05, 4.69) is 28.5 Å². The van der Waals surface area contributed by atoms with Crippen LogP contribution in [-0.4, -0.2) is 41.3 Å². The first kappa shape index (κ1) is 18.3. The number of carbonyl (C=O) groups is 2. The fourth-order valence-corrected chi connectivity index (χ4v) is 3.88. The Kier molecular flexibility index (Phi) is 5.42. The number of amides is 2. The molecular formula is C23H25N3O2. The Morgan fingerprint density at radius 1 is 1.07 bits per heavy atom. The van der Waals surface area contributed by atoms with Crippen molar-refractivity contribution in [3.8, 4) is 0 Å². The van der Waals surface area contributed by atoms with Crippen LogP contribution in [0.25, 0.3) is 10.9 Å². The number of fused-ring (bicyclic) bond motifs is 1. The molecule has 2 heterocycles. The van der Waals surface area contributed by atoms with Crippen molar-refractivity contribution in [2.24, 2.45) is 5.92 Å². The number of nitrogens with zero attached hydrogens (tertiary/aromatic N) is 1. The Balaban J connectivity index is 1.25. The summed E-state index contributed by atoms with van der Waals surface area (Å²) in [6.07, 6.45) is 3.91. The van der Waals surface area contributed by atoms with E-state index in [9.17, 15) is 9.59 Å². The predicted molar refractivity (Wildman–Crippen MR) is 110 cm³/mol. The van der Waals surface area contributed by atoms with E-state index >= 15 is 0 Å². The number of H-pyrrole nitrogens is 1. The van der Waals surface area contributed by atoms with E-state index in [1.807, 2.05) is 47.5 Å². The van der Waals surface area contributed by atoms with Gasteiger partial charge in [-0.15, -0.1) is 0 Å². The number of aromatic nitrogens is 1. The van der Waals surface area contributed by atoms with Gasteiger partial charge in [-0.1, -0.05) is 48.5 Å². The van der Waals surface area contributed by atoms with Crippen molar-refractivity contribution in [1.29, 1.82) is 0 Å². The molecule has 2 aromatic carbocycles. The van der Waals surface area contributed by atoms with Gasteiger partial charge in [-0.3, -0.25) is 9.59 Å². The Labute approximate surface area is 164 Å². The minimum atomic E-state index is -0.244. The number of rotatable bonds is 7. The lowest BCUT2D eigenvalue weighted by Gasteiger charge is -2.16. The molecule has 0 aliphatic carbocycles. The zero-order valence-electron chi connectivity index (χ0n) is 15.9. The van der Waals surface area contributed by atoms with Crippen LogP contribution in [0.15, 0.2) is 60.8 Å². The van der Waals surface area contributed by atoms with Gasteiger partial charge in [-0.25, -0.2) is 0 Å². The lowest BCUT2D eigenvalue weighted by Crippen LogP contribution is -2.34. The van der Waals surface area contributed by atoms with Gasteiger partial charge in [0.2, 0.25) is 11.8 Å². The summed E-state index contributed by atoms with van der Waals surface area (Å²) >= 11 is 0. The second-order valence-corrected chi connectivity index (χ2v) is 7.38. The average molecular weight is 375 g/mol. The first-order valence-corrected chi connectivity index (χ1v) is 9.85. The molecule has 4 rings (SSSR count). The Morgan fingerprint density at radius 2 is 1.86 bits per heavy atom. The standard InChI is InChI=1S/C23H25N3O2/c27-22-14-19(16-26(22)13-11-17-6-2-1-3-7-17)23(28)24-12-10-18-15-25-21-9-5-4-8-20(18)21/h1-9,15,19,25H,10-14,16H2,(H,24,28)/t19-/m1/s1. The number of likely N-dealkylation sites (tertiary alicyclic amines) is 1. The maximum Gasteiger partial charge on any atom is 0.225 e. The van der Waals surface area contributed by atoms with Gasteiger partial charge < -0.3 is 15.2 Å². The van der Waals surface area contributed by atoms with Crippen molar-refractivity contribution < 1.29 is 9.59 Å². The number of aromatic amines is 1. The molecule has 1 saturated heterocycles. The lowest BCUT2D eigenvalue weighted by atomic mass is 10.1. The van der Waals surface area contributed by atoms with Crippen LogP contribution in [0.5, 0.6) is 0 Å². The van der Waals surface area contributed by atoms with E-state index in [0.29, 0.717) is 26.1 Å². The molecule has 1 aliphatic heterocycles. The smallest absolute Gasteiger partial charge is 0.225 e. The van der Waals surface area contributed by atoms with Crippen molar-refractivity contribution >= 4 is 22.7 Å². The van der Waals surface area contributed by atoms with Gasteiger partial charge in [0, 0.05) is 43.2 Å². The second-order valence-electron chi connectivity index (χ2n) is 7.38. The fourth-order valence-electron chi connectivity index (χ4n) is 3.88. The number of para-hydroxylation sites is 1. The van der Waals surface area contributed by atoms with E-state index < -0.39 is 0 Å². The van der Waals surface area contributed by atoms with Crippen molar-refractivity contribution in [1.82, 2.24) is 15.2 Å². The maximum atomic E-state index is 12.5. The molecule has 0 spiro atoms. The molecule has 0 radical (unpaired) electrons. The molecule has 2 amide bonds. The van der Waals surface area contributed by atoms with Crippen LogP contribution in [0.3, 0.4) is 0 Å². The zero-order chi connectivity index (χ0) is 19.3. The van der Waals surface area contributed by atoms with E-state index in [1.165, 1.54) is 16.5 Å². The summed E-state index contributed by atoms with van der Waals surface area (Å²) in [5.74, 6) is -0.186. The molecule has 5 heteroatoms. The number of carbonyl (C=O) groups excluding carboxylic acids is 2. The molecule has 0 unspecified atom stereocenters. The van der Waals surface area contributed by atoms with E-state index in [-0.39, 0.29) is 17.7 Å². The largest absolute Gasteiger partial charge is 0.361 e. The molecule has 1 fully saturated rings. The molecule has 0 saturated carbocycles. The Morgan fingerprint density at radius 3 is 2.71 bits per heavy atom. The summed E-state index contributed by atoms with van der Waals surface area (Å²) < 4.78 is 0. The molecule has 1 aromatic heterocycles. The van der Waals surface area contributed by atoms with Crippen LogP contribution >= 0.6 is 0 Å². The van der Waals surface area contributed by atoms with Crippen LogP contribution in [-0.2, 0) is 22.4 Å². The highest BCUT2D eigenvalue weighted by atomic mass is 16.2. The van der Waals surface area contributed by atoms with Crippen LogP contribution < -0.4 is 5.32 Å². The maximum absolute atomic E-state index is 12.5. The highest BCUT2D eigenvalue weighted by Crippen LogP contribution is 2.20. The van der Waals surface area contributed by atoms with Crippen molar-refractivity contribution in [2.45, 2.75) is 19.3 Å². The fraction of sp³-hybridized carbons (Fsp3) is 0.304. The van der Waals surface area contributed by atoms with Gasteiger partial charge in [0.1, 0.15) is 0 Å². The SMILES string of the molecule is O=C(NCCc1c[nH]c2ccccc12)[C@@H]1CC(=O)N(CCc2ccccc2)C1. The van der Waals surface area contributed by atoms with E-state index in [0.717, 1.165) is 18.4 Å². The van der Waals surface area contributed by atoms with Crippen LogP contribution in [0.4, 0.5) is 0 Å². The van der Waals surface area contributed by atoms with Crippen LogP contribution in [0, 0.1) is 5.92 Å². The van der Waals surface area contributed by atoms with Gasteiger partial charge in [0.25, 0.3) is 0 Å². The number of hydrogen-bond acceptors (Lipinski definition) is 2. The summed E-state index contributed by atoms with van der Waals surface area (Å²) in [5.41, 5.74) is 3.52. The molecule has 3 aromatic rings. The van der Waals surface area contributed by atoms with Gasteiger partial charge in [-0.2, -0.15) is 0 Å². The zero-order valence-corrected chi connectivity index (χ0v) is 15.9. The predicted octanol–water partition coefficient (Wildman–Crippen LogP) is 2.92. The van der Waals surface area contributed by atoms with Gasteiger partial charge in [0.05, 0.1) is 5.92 Å². The van der Waals surface area contributed by atoms with Gasteiger partial charge >= 0.3 is 0 Å². The summed E-state index contributed by atoms with van der Waals surface area (Å²) in [6.45, 7) is 1.77.